The highest BCUT2D eigenvalue weighted by Crippen LogP contribution is 2.48. The zero-order valence-corrected chi connectivity index (χ0v) is 14.4. The summed E-state index contributed by atoms with van der Waals surface area (Å²) in [7, 11) is 1.66. The van der Waals surface area contributed by atoms with Gasteiger partial charge in [0.2, 0.25) is 5.89 Å². The first-order valence-corrected chi connectivity index (χ1v) is 8.54. The van der Waals surface area contributed by atoms with E-state index in [2.05, 4.69) is 15.5 Å². The second-order valence-corrected chi connectivity index (χ2v) is 6.67. The Balaban J connectivity index is 1.69. The van der Waals surface area contributed by atoms with Crippen molar-refractivity contribution in [2.24, 2.45) is 5.41 Å². The fraction of sp³-hybridized carbons (Fsp3) is 0.812. The van der Waals surface area contributed by atoms with E-state index in [1.54, 1.807) is 7.11 Å². The number of methoxy groups -OCH3 is 1. The van der Waals surface area contributed by atoms with Gasteiger partial charge in [0, 0.05) is 52.0 Å². The van der Waals surface area contributed by atoms with Gasteiger partial charge in [-0.3, -0.25) is 0 Å². The largest absolute Gasteiger partial charge is 0.385 e. The van der Waals surface area contributed by atoms with E-state index >= 15 is 0 Å². The molecule has 1 aromatic rings. The van der Waals surface area contributed by atoms with Gasteiger partial charge < -0.3 is 24.2 Å². The van der Waals surface area contributed by atoms with Gasteiger partial charge in [-0.1, -0.05) is 5.16 Å². The average molecular weight is 338 g/mol. The van der Waals surface area contributed by atoms with Gasteiger partial charge in [0.25, 0.3) is 0 Å². The van der Waals surface area contributed by atoms with E-state index in [4.69, 9.17) is 14.0 Å². The predicted octanol–water partition coefficient (Wildman–Crippen LogP) is 1.32. The maximum Gasteiger partial charge on any atom is 0.317 e. The quantitative estimate of drug-likeness (QED) is 0.815. The number of nitrogens with zero attached hydrogens (tertiary/aromatic N) is 3. The summed E-state index contributed by atoms with van der Waals surface area (Å²) in [5, 5.41) is 6.90. The molecule has 1 aromatic heterocycles. The van der Waals surface area contributed by atoms with E-state index in [9.17, 15) is 4.79 Å². The van der Waals surface area contributed by atoms with Gasteiger partial charge in [-0.05, 0) is 26.2 Å². The second kappa shape index (κ2) is 7.48. The Morgan fingerprint density at radius 2 is 2.25 bits per heavy atom. The summed E-state index contributed by atoms with van der Waals surface area (Å²) in [6.07, 6.45) is 2.63. The van der Waals surface area contributed by atoms with Gasteiger partial charge in [-0.25, -0.2) is 4.79 Å². The van der Waals surface area contributed by atoms with Crippen LogP contribution < -0.4 is 5.32 Å². The first-order valence-electron chi connectivity index (χ1n) is 8.54. The topological polar surface area (TPSA) is 89.7 Å². The first kappa shape index (κ1) is 17.2. The first-order chi connectivity index (χ1) is 11.6. The van der Waals surface area contributed by atoms with E-state index in [1.165, 1.54) is 0 Å². The van der Waals surface area contributed by atoms with E-state index in [0.29, 0.717) is 51.2 Å². The molecule has 0 aromatic carbocycles. The van der Waals surface area contributed by atoms with E-state index in [1.807, 2.05) is 11.8 Å². The van der Waals surface area contributed by atoms with Crippen molar-refractivity contribution in [3.05, 3.63) is 11.7 Å². The number of carbonyl (C=O) groups excluding carboxylic acids is 1. The molecule has 8 nitrogen and oxygen atoms in total. The molecule has 0 bridgehead atoms. The second-order valence-electron chi connectivity index (χ2n) is 6.67. The number of hydrogen-bond donors (Lipinski definition) is 1. The molecule has 2 saturated heterocycles. The van der Waals surface area contributed by atoms with Crippen molar-refractivity contribution in [2.75, 3.05) is 46.6 Å². The molecular formula is C16H26N4O4. The van der Waals surface area contributed by atoms with Crippen LogP contribution in [0.25, 0.3) is 0 Å². The molecule has 1 atom stereocenters. The summed E-state index contributed by atoms with van der Waals surface area (Å²) in [6, 6.07) is -0.0318. The van der Waals surface area contributed by atoms with Crippen LogP contribution in [-0.4, -0.2) is 67.6 Å². The lowest BCUT2D eigenvalue weighted by molar-refractivity contribution is 0.00942. The Hall–Kier alpha value is -1.67. The molecule has 2 fully saturated rings. The van der Waals surface area contributed by atoms with E-state index in [-0.39, 0.29) is 17.4 Å². The Morgan fingerprint density at radius 1 is 1.46 bits per heavy atom. The van der Waals surface area contributed by atoms with Crippen molar-refractivity contribution in [1.29, 1.82) is 0 Å². The van der Waals surface area contributed by atoms with Crippen molar-refractivity contribution in [3.8, 4) is 0 Å². The molecule has 0 saturated carbocycles. The molecule has 0 unspecified atom stereocenters. The van der Waals surface area contributed by atoms with E-state index < -0.39 is 0 Å². The van der Waals surface area contributed by atoms with Crippen LogP contribution in [0.5, 0.6) is 0 Å². The van der Waals surface area contributed by atoms with Gasteiger partial charge in [0.15, 0.2) is 5.82 Å². The molecule has 0 aliphatic carbocycles. The van der Waals surface area contributed by atoms with Crippen molar-refractivity contribution in [2.45, 2.75) is 32.1 Å². The molecule has 0 radical (unpaired) electrons. The van der Waals surface area contributed by atoms with E-state index in [0.717, 1.165) is 19.3 Å². The van der Waals surface area contributed by atoms with Crippen LogP contribution in [0.1, 0.15) is 36.9 Å². The number of aromatic nitrogens is 2. The summed E-state index contributed by atoms with van der Waals surface area (Å²) in [6.45, 7) is 5.82. The normalized spacial score (nSPS) is 22.9. The predicted molar refractivity (Wildman–Crippen MR) is 85.7 cm³/mol. The van der Waals surface area contributed by atoms with Crippen LogP contribution in [0, 0.1) is 12.3 Å². The lowest BCUT2D eigenvalue weighted by Crippen LogP contribution is -2.41. The third kappa shape index (κ3) is 3.54. The van der Waals surface area contributed by atoms with Crippen molar-refractivity contribution in [1.82, 2.24) is 20.4 Å². The van der Waals surface area contributed by atoms with Crippen molar-refractivity contribution < 1.29 is 18.8 Å². The van der Waals surface area contributed by atoms with Crippen LogP contribution in [0.15, 0.2) is 4.52 Å². The number of ether oxygens (including phenoxy) is 2. The molecule has 134 valence electrons. The number of amides is 2. The number of carbonyl (C=O) groups is 1. The van der Waals surface area contributed by atoms with Crippen LogP contribution in [0.3, 0.4) is 0 Å². The van der Waals surface area contributed by atoms with Crippen molar-refractivity contribution >= 4 is 6.03 Å². The van der Waals surface area contributed by atoms with Gasteiger partial charge >= 0.3 is 6.03 Å². The fourth-order valence-electron chi connectivity index (χ4n) is 3.73. The highest BCUT2D eigenvalue weighted by atomic mass is 16.5. The summed E-state index contributed by atoms with van der Waals surface area (Å²) < 4.78 is 16.0. The van der Waals surface area contributed by atoms with Gasteiger partial charge in [-0.15, -0.1) is 0 Å². The summed E-state index contributed by atoms with van der Waals surface area (Å²) in [4.78, 5) is 18.8. The Morgan fingerprint density at radius 3 is 2.92 bits per heavy atom. The third-order valence-electron chi connectivity index (χ3n) is 5.07. The van der Waals surface area contributed by atoms with Crippen LogP contribution in [0.4, 0.5) is 4.79 Å². The summed E-state index contributed by atoms with van der Waals surface area (Å²) in [5.41, 5.74) is -0.0267. The molecule has 3 heterocycles. The lowest BCUT2D eigenvalue weighted by Gasteiger charge is -2.36. The average Bonchev–Trinajstić information content (AvgIpc) is 3.16. The Bertz CT molecular complexity index is 556. The van der Waals surface area contributed by atoms with Gasteiger partial charge in [0.05, 0.1) is 5.92 Å². The Labute approximate surface area is 141 Å². The minimum absolute atomic E-state index is 0.0267. The molecule has 1 spiro atoms. The number of hydrogen-bond acceptors (Lipinski definition) is 6. The highest BCUT2D eigenvalue weighted by molar-refractivity contribution is 5.74. The highest BCUT2D eigenvalue weighted by Gasteiger charge is 2.51. The Kier molecular flexibility index (Phi) is 5.35. The fourth-order valence-corrected chi connectivity index (χ4v) is 3.73. The zero-order chi connectivity index (χ0) is 17.0. The molecule has 2 amide bonds. The maximum atomic E-state index is 12.5. The van der Waals surface area contributed by atoms with Gasteiger partial charge in [0.1, 0.15) is 0 Å². The maximum absolute atomic E-state index is 12.5. The number of likely N-dealkylation sites (tertiary alicyclic amines) is 1. The monoisotopic (exact) mass is 338 g/mol. The molecule has 24 heavy (non-hydrogen) atoms. The van der Waals surface area contributed by atoms with Gasteiger partial charge in [-0.2, -0.15) is 4.98 Å². The number of aryl methyl sites for hydroxylation is 1. The third-order valence-corrected chi connectivity index (χ3v) is 5.07. The zero-order valence-electron chi connectivity index (χ0n) is 14.4. The molecule has 8 heteroatoms. The summed E-state index contributed by atoms with van der Waals surface area (Å²) >= 11 is 0. The molecule has 2 aliphatic heterocycles. The smallest absolute Gasteiger partial charge is 0.317 e. The number of rotatable bonds is 5. The molecular weight excluding hydrogens is 312 g/mol. The number of urea groups is 1. The summed E-state index contributed by atoms with van der Waals surface area (Å²) in [5.74, 6) is 1.35. The van der Waals surface area contributed by atoms with Crippen LogP contribution in [-0.2, 0) is 9.47 Å². The molecule has 3 rings (SSSR count). The molecule has 2 aliphatic rings. The lowest BCUT2D eigenvalue weighted by atomic mass is 9.72. The number of nitrogens with one attached hydrogen (secondary N) is 1. The van der Waals surface area contributed by atoms with Crippen LogP contribution >= 0.6 is 0 Å². The van der Waals surface area contributed by atoms with Crippen LogP contribution in [0.2, 0.25) is 0 Å². The molecule has 1 N–H and O–H groups in total. The standard InChI is InChI=1S/C16H26N4O4/c1-12-18-14(24-19-12)13-10-20(15(21)17-6-3-7-22-2)11-16(13)4-8-23-9-5-16/h13H,3-11H2,1-2H3,(H,17,21)/t13-/m1/s1. The SMILES string of the molecule is COCCCNC(=O)N1C[C@H](c2nc(C)no2)C2(CCOCC2)C1. The minimum Gasteiger partial charge on any atom is -0.385 e. The van der Waals surface area contributed by atoms with Crippen molar-refractivity contribution in [3.63, 3.8) is 0 Å². The minimum atomic E-state index is -0.0318.